The van der Waals surface area contributed by atoms with E-state index in [4.69, 9.17) is 4.74 Å². The second-order valence-corrected chi connectivity index (χ2v) is 5.24. The van der Waals surface area contributed by atoms with E-state index in [1.54, 1.807) is 24.0 Å². The molecule has 0 spiro atoms. The summed E-state index contributed by atoms with van der Waals surface area (Å²) in [5, 5.41) is 12.1. The predicted octanol–water partition coefficient (Wildman–Crippen LogP) is 2.06. The van der Waals surface area contributed by atoms with Gasteiger partial charge >= 0.3 is 6.03 Å². The van der Waals surface area contributed by atoms with Crippen molar-refractivity contribution >= 4 is 6.03 Å². The molecule has 21 heavy (non-hydrogen) atoms. The summed E-state index contributed by atoms with van der Waals surface area (Å²) in [6, 6.07) is 3.95. The van der Waals surface area contributed by atoms with E-state index in [0.717, 1.165) is 12.8 Å². The minimum atomic E-state index is -0.453. The van der Waals surface area contributed by atoms with Crippen LogP contribution in [0, 0.1) is 5.82 Å². The van der Waals surface area contributed by atoms with Gasteiger partial charge in [0.05, 0.1) is 25.8 Å². The molecule has 1 fully saturated rings. The number of ether oxygens (including phenoxy) is 1. The lowest BCUT2D eigenvalue weighted by Gasteiger charge is -2.25. The van der Waals surface area contributed by atoms with Crippen molar-refractivity contribution in [2.45, 2.75) is 31.8 Å². The van der Waals surface area contributed by atoms with E-state index in [2.05, 4.69) is 5.32 Å². The first kappa shape index (κ1) is 15.6. The standard InChI is InChI=1S/C15H21FN2O3/c1-10(11-5-6-14(21-2)13(16)8-11)17-15(20)18-7-3-4-12(18)9-19/h5-6,8,10,12,19H,3-4,7,9H2,1-2H3,(H,17,20). The molecule has 2 N–H and O–H groups in total. The van der Waals surface area contributed by atoms with Crippen LogP contribution in [-0.4, -0.2) is 42.3 Å². The van der Waals surface area contributed by atoms with Crippen LogP contribution in [0.1, 0.15) is 31.4 Å². The van der Waals surface area contributed by atoms with Gasteiger partial charge in [0, 0.05) is 6.54 Å². The summed E-state index contributed by atoms with van der Waals surface area (Å²) >= 11 is 0. The Morgan fingerprint density at radius 1 is 1.62 bits per heavy atom. The number of aliphatic hydroxyl groups excluding tert-OH is 1. The van der Waals surface area contributed by atoms with Gasteiger partial charge in [0.15, 0.2) is 11.6 Å². The molecule has 0 aromatic heterocycles. The van der Waals surface area contributed by atoms with Crippen LogP contribution in [0.4, 0.5) is 9.18 Å². The summed E-state index contributed by atoms with van der Waals surface area (Å²) in [5.74, 6) is -0.275. The Kier molecular flexibility index (Phi) is 5.01. The average Bonchev–Trinajstić information content (AvgIpc) is 2.95. The molecule has 2 rings (SSSR count). The fourth-order valence-corrected chi connectivity index (χ4v) is 2.60. The molecular formula is C15H21FN2O3. The summed E-state index contributed by atoms with van der Waals surface area (Å²) in [5.41, 5.74) is 0.668. The molecule has 6 heteroatoms. The highest BCUT2D eigenvalue weighted by Gasteiger charge is 2.28. The van der Waals surface area contributed by atoms with Crippen molar-refractivity contribution in [2.75, 3.05) is 20.3 Å². The van der Waals surface area contributed by atoms with Crippen LogP contribution < -0.4 is 10.1 Å². The lowest BCUT2D eigenvalue weighted by molar-refractivity contribution is 0.155. The van der Waals surface area contributed by atoms with Gasteiger partial charge < -0.3 is 20.1 Å². The molecule has 116 valence electrons. The topological polar surface area (TPSA) is 61.8 Å². The number of rotatable bonds is 4. The van der Waals surface area contributed by atoms with E-state index < -0.39 is 5.82 Å². The van der Waals surface area contributed by atoms with Crippen LogP contribution in [0.25, 0.3) is 0 Å². The Hall–Kier alpha value is -1.82. The summed E-state index contributed by atoms with van der Waals surface area (Å²) in [7, 11) is 1.41. The summed E-state index contributed by atoms with van der Waals surface area (Å²) in [4.78, 5) is 13.8. The molecule has 1 aliphatic rings. The Bertz CT molecular complexity index is 510. The molecule has 0 bridgehead atoms. The number of urea groups is 1. The lowest BCUT2D eigenvalue weighted by Crippen LogP contribution is -2.44. The largest absolute Gasteiger partial charge is 0.494 e. The number of hydrogen-bond donors (Lipinski definition) is 2. The Morgan fingerprint density at radius 2 is 2.38 bits per heavy atom. The molecule has 1 aromatic carbocycles. The highest BCUT2D eigenvalue weighted by atomic mass is 19.1. The fraction of sp³-hybridized carbons (Fsp3) is 0.533. The van der Waals surface area contributed by atoms with Gasteiger partial charge in [0.25, 0.3) is 0 Å². The number of carbonyl (C=O) groups is 1. The first-order valence-electron chi connectivity index (χ1n) is 7.08. The van der Waals surface area contributed by atoms with Gasteiger partial charge in [-0.15, -0.1) is 0 Å². The number of amides is 2. The number of halogens is 1. The SMILES string of the molecule is COc1ccc(C(C)NC(=O)N2CCCC2CO)cc1F. The second-order valence-electron chi connectivity index (χ2n) is 5.24. The number of carbonyl (C=O) groups excluding carboxylic acids is 1. The maximum Gasteiger partial charge on any atom is 0.318 e. The zero-order valence-electron chi connectivity index (χ0n) is 12.3. The number of methoxy groups -OCH3 is 1. The molecule has 0 aliphatic carbocycles. The smallest absolute Gasteiger partial charge is 0.318 e. The minimum absolute atomic E-state index is 0.0288. The Morgan fingerprint density at radius 3 is 3.00 bits per heavy atom. The predicted molar refractivity (Wildman–Crippen MR) is 76.7 cm³/mol. The molecule has 0 radical (unpaired) electrons. The molecule has 5 nitrogen and oxygen atoms in total. The third kappa shape index (κ3) is 3.44. The summed E-state index contributed by atoms with van der Waals surface area (Å²) in [6.07, 6.45) is 1.71. The fourth-order valence-electron chi connectivity index (χ4n) is 2.60. The molecule has 2 unspecified atom stereocenters. The zero-order valence-corrected chi connectivity index (χ0v) is 12.3. The molecule has 1 saturated heterocycles. The van der Waals surface area contributed by atoms with E-state index in [1.807, 2.05) is 0 Å². The van der Waals surface area contributed by atoms with Gasteiger partial charge in [-0.2, -0.15) is 0 Å². The van der Waals surface area contributed by atoms with Crippen LogP contribution in [0.3, 0.4) is 0 Å². The van der Waals surface area contributed by atoms with Gasteiger partial charge in [-0.3, -0.25) is 0 Å². The van der Waals surface area contributed by atoms with Crippen LogP contribution in [0.2, 0.25) is 0 Å². The number of hydrogen-bond acceptors (Lipinski definition) is 3. The summed E-state index contributed by atoms with van der Waals surface area (Å²) < 4.78 is 18.6. The number of nitrogens with one attached hydrogen (secondary N) is 1. The number of likely N-dealkylation sites (tertiary alicyclic amines) is 1. The molecular weight excluding hydrogens is 275 g/mol. The normalized spacial score (nSPS) is 19.4. The molecule has 0 saturated carbocycles. The van der Waals surface area contributed by atoms with Gasteiger partial charge in [0.2, 0.25) is 0 Å². The first-order chi connectivity index (χ1) is 10.1. The van der Waals surface area contributed by atoms with Crippen molar-refractivity contribution in [1.82, 2.24) is 10.2 Å². The number of benzene rings is 1. The van der Waals surface area contributed by atoms with E-state index in [9.17, 15) is 14.3 Å². The molecule has 1 aromatic rings. The van der Waals surface area contributed by atoms with Crippen molar-refractivity contribution < 1.29 is 19.0 Å². The zero-order chi connectivity index (χ0) is 15.4. The monoisotopic (exact) mass is 296 g/mol. The number of aliphatic hydroxyl groups is 1. The Labute approximate surface area is 123 Å². The second kappa shape index (κ2) is 6.76. The molecule has 2 atom stereocenters. The first-order valence-corrected chi connectivity index (χ1v) is 7.08. The quantitative estimate of drug-likeness (QED) is 0.894. The van der Waals surface area contributed by atoms with Crippen LogP contribution >= 0.6 is 0 Å². The lowest BCUT2D eigenvalue weighted by atomic mass is 10.1. The van der Waals surface area contributed by atoms with Crippen LogP contribution in [0.15, 0.2) is 18.2 Å². The maximum atomic E-state index is 13.7. The maximum absolute atomic E-state index is 13.7. The minimum Gasteiger partial charge on any atom is -0.494 e. The van der Waals surface area contributed by atoms with Gasteiger partial charge in [0.1, 0.15) is 0 Å². The molecule has 1 heterocycles. The van der Waals surface area contributed by atoms with E-state index in [-0.39, 0.29) is 30.5 Å². The van der Waals surface area contributed by atoms with Crippen molar-refractivity contribution in [1.29, 1.82) is 0 Å². The van der Waals surface area contributed by atoms with Crippen molar-refractivity contribution in [3.8, 4) is 5.75 Å². The molecule has 2 amide bonds. The van der Waals surface area contributed by atoms with Crippen molar-refractivity contribution in [3.63, 3.8) is 0 Å². The van der Waals surface area contributed by atoms with Crippen molar-refractivity contribution in [3.05, 3.63) is 29.6 Å². The molecule has 1 aliphatic heterocycles. The van der Waals surface area contributed by atoms with Gasteiger partial charge in [-0.25, -0.2) is 9.18 Å². The third-order valence-electron chi connectivity index (χ3n) is 3.86. The van der Waals surface area contributed by atoms with Crippen LogP contribution in [-0.2, 0) is 0 Å². The summed E-state index contributed by atoms with van der Waals surface area (Å²) in [6.45, 7) is 2.41. The van der Waals surface area contributed by atoms with Gasteiger partial charge in [-0.1, -0.05) is 6.07 Å². The van der Waals surface area contributed by atoms with Gasteiger partial charge in [-0.05, 0) is 37.5 Å². The number of nitrogens with zero attached hydrogens (tertiary/aromatic N) is 1. The highest BCUT2D eigenvalue weighted by molar-refractivity contribution is 5.75. The van der Waals surface area contributed by atoms with Crippen molar-refractivity contribution in [2.24, 2.45) is 0 Å². The van der Waals surface area contributed by atoms with E-state index in [0.29, 0.717) is 12.1 Å². The van der Waals surface area contributed by atoms with E-state index in [1.165, 1.54) is 13.2 Å². The van der Waals surface area contributed by atoms with Crippen LogP contribution in [0.5, 0.6) is 5.75 Å². The highest BCUT2D eigenvalue weighted by Crippen LogP contribution is 2.23. The third-order valence-corrected chi connectivity index (χ3v) is 3.86. The average molecular weight is 296 g/mol. The van der Waals surface area contributed by atoms with E-state index >= 15 is 0 Å². The Balaban J connectivity index is 2.02.